The summed E-state index contributed by atoms with van der Waals surface area (Å²) in [6.07, 6.45) is 3.26. The van der Waals surface area contributed by atoms with E-state index in [9.17, 15) is 15.0 Å². The molecule has 21 heavy (non-hydrogen) atoms. The van der Waals surface area contributed by atoms with Crippen molar-refractivity contribution in [2.75, 3.05) is 0 Å². The number of aliphatic hydroxyl groups is 1. The molecular weight excluding hydrogens is 336 g/mol. The molecule has 6 heteroatoms. The SMILES string of the molecule is CC1CCC(C(O)c2c(C(=O)O)nc(Br)n2C(C)C)CC1. The Balaban J connectivity index is 2.38. The van der Waals surface area contributed by atoms with Crippen LogP contribution in [0.5, 0.6) is 0 Å². The van der Waals surface area contributed by atoms with Gasteiger partial charge in [-0.15, -0.1) is 0 Å². The average molecular weight is 359 g/mol. The minimum Gasteiger partial charge on any atom is -0.476 e. The summed E-state index contributed by atoms with van der Waals surface area (Å²) in [5.74, 6) is -0.289. The Morgan fingerprint density at radius 3 is 2.38 bits per heavy atom. The van der Waals surface area contributed by atoms with Crippen molar-refractivity contribution < 1.29 is 15.0 Å². The quantitative estimate of drug-likeness (QED) is 0.858. The topological polar surface area (TPSA) is 75.3 Å². The lowest BCUT2D eigenvalue weighted by molar-refractivity contribution is 0.0596. The van der Waals surface area contributed by atoms with Gasteiger partial charge in [0.15, 0.2) is 10.4 Å². The van der Waals surface area contributed by atoms with Crippen LogP contribution in [-0.2, 0) is 0 Å². The summed E-state index contributed by atoms with van der Waals surface area (Å²) in [6.45, 7) is 6.13. The van der Waals surface area contributed by atoms with E-state index < -0.39 is 12.1 Å². The van der Waals surface area contributed by atoms with Crippen LogP contribution in [0.25, 0.3) is 0 Å². The Labute approximate surface area is 133 Å². The molecule has 1 aliphatic carbocycles. The summed E-state index contributed by atoms with van der Waals surface area (Å²) in [5, 5.41) is 20.1. The maximum absolute atomic E-state index is 11.4. The number of carboxylic acids is 1. The van der Waals surface area contributed by atoms with Crippen LogP contribution in [0.4, 0.5) is 0 Å². The normalized spacial score (nSPS) is 24.3. The van der Waals surface area contributed by atoms with E-state index in [-0.39, 0.29) is 17.7 Å². The van der Waals surface area contributed by atoms with Crippen molar-refractivity contribution in [2.45, 2.75) is 58.6 Å². The smallest absolute Gasteiger partial charge is 0.356 e. The molecule has 1 heterocycles. The fraction of sp³-hybridized carbons (Fsp3) is 0.733. The van der Waals surface area contributed by atoms with Gasteiger partial charge in [-0.1, -0.05) is 19.8 Å². The highest BCUT2D eigenvalue weighted by atomic mass is 79.9. The molecule has 1 aromatic rings. The summed E-state index contributed by atoms with van der Waals surface area (Å²) >= 11 is 3.32. The highest BCUT2D eigenvalue weighted by Gasteiger charge is 2.33. The molecule has 1 aliphatic rings. The number of hydrogen-bond acceptors (Lipinski definition) is 3. The Morgan fingerprint density at radius 1 is 1.33 bits per heavy atom. The van der Waals surface area contributed by atoms with Crippen LogP contribution in [0.2, 0.25) is 0 Å². The Hall–Kier alpha value is -0.880. The second kappa shape index (κ2) is 6.48. The fourth-order valence-corrected chi connectivity index (χ4v) is 3.95. The molecule has 1 atom stereocenters. The van der Waals surface area contributed by atoms with E-state index in [2.05, 4.69) is 27.8 Å². The zero-order valence-corrected chi connectivity index (χ0v) is 14.3. The zero-order valence-electron chi connectivity index (χ0n) is 12.7. The Bertz CT molecular complexity index is 519. The van der Waals surface area contributed by atoms with Crippen LogP contribution in [-0.4, -0.2) is 25.7 Å². The molecule has 0 bridgehead atoms. The van der Waals surface area contributed by atoms with Gasteiger partial charge in [-0.2, -0.15) is 0 Å². The van der Waals surface area contributed by atoms with Crippen molar-refractivity contribution >= 4 is 21.9 Å². The number of aromatic carboxylic acids is 1. The highest BCUT2D eigenvalue weighted by molar-refractivity contribution is 9.10. The molecule has 118 valence electrons. The van der Waals surface area contributed by atoms with Crippen LogP contribution in [0, 0.1) is 11.8 Å². The molecular formula is C15H23BrN2O3. The molecule has 2 N–H and O–H groups in total. The maximum atomic E-state index is 11.4. The van der Waals surface area contributed by atoms with Gasteiger partial charge in [0.05, 0.1) is 11.8 Å². The molecule has 5 nitrogen and oxygen atoms in total. The van der Waals surface area contributed by atoms with Gasteiger partial charge >= 0.3 is 5.97 Å². The molecule has 0 spiro atoms. The fourth-order valence-electron chi connectivity index (χ4n) is 3.17. The Morgan fingerprint density at radius 2 is 1.90 bits per heavy atom. The average Bonchev–Trinajstić information content (AvgIpc) is 2.76. The van der Waals surface area contributed by atoms with Crippen molar-refractivity contribution in [3.05, 3.63) is 16.1 Å². The molecule has 1 saturated carbocycles. The van der Waals surface area contributed by atoms with E-state index in [4.69, 9.17) is 0 Å². The largest absolute Gasteiger partial charge is 0.476 e. The first-order valence-electron chi connectivity index (χ1n) is 7.51. The van der Waals surface area contributed by atoms with Crippen LogP contribution in [0.1, 0.15) is 74.8 Å². The first-order chi connectivity index (χ1) is 9.82. The molecule has 0 amide bonds. The molecule has 0 saturated heterocycles. The monoisotopic (exact) mass is 358 g/mol. The second-order valence-corrected chi connectivity index (χ2v) is 7.06. The molecule has 1 fully saturated rings. The summed E-state index contributed by atoms with van der Waals surface area (Å²) in [6, 6.07) is 0.0344. The third-order valence-corrected chi connectivity index (χ3v) is 4.97. The van der Waals surface area contributed by atoms with E-state index in [1.807, 2.05) is 13.8 Å². The minimum absolute atomic E-state index is 0.0344. The van der Waals surface area contributed by atoms with E-state index in [0.717, 1.165) is 25.7 Å². The number of carbonyl (C=O) groups is 1. The number of imidazole rings is 1. The van der Waals surface area contributed by atoms with Gasteiger partial charge in [0.1, 0.15) is 0 Å². The molecule has 1 aromatic heterocycles. The van der Waals surface area contributed by atoms with Gasteiger partial charge in [0, 0.05) is 6.04 Å². The lowest BCUT2D eigenvalue weighted by atomic mass is 9.79. The van der Waals surface area contributed by atoms with Gasteiger partial charge in [-0.05, 0) is 54.5 Å². The van der Waals surface area contributed by atoms with Crippen LogP contribution in [0.15, 0.2) is 4.73 Å². The third-order valence-electron chi connectivity index (χ3n) is 4.41. The molecule has 2 rings (SSSR count). The second-order valence-electron chi connectivity index (χ2n) is 6.35. The first-order valence-corrected chi connectivity index (χ1v) is 8.31. The number of aromatic nitrogens is 2. The van der Waals surface area contributed by atoms with Crippen molar-refractivity contribution in [3.8, 4) is 0 Å². The van der Waals surface area contributed by atoms with Gasteiger partial charge in [0.25, 0.3) is 0 Å². The molecule has 0 aromatic carbocycles. The lowest BCUT2D eigenvalue weighted by Gasteiger charge is -2.31. The van der Waals surface area contributed by atoms with Crippen molar-refractivity contribution in [1.29, 1.82) is 0 Å². The molecule has 0 aliphatic heterocycles. The van der Waals surface area contributed by atoms with Gasteiger partial charge in [-0.3, -0.25) is 0 Å². The van der Waals surface area contributed by atoms with Crippen molar-refractivity contribution in [3.63, 3.8) is 0 Å². The predicted molar refractivity (Wildman–Crippen MR) is 83.4 cm³/mol. The Kier molecular flexibility index (Phi) is 5.09. The number of halogens is 1. The summed E-state index contributed by atoms with van der Waals surface area (Å²) in [7, 11) is 0. The minimum atomic E-state index is -1.09. The summed E-state index contributed by atoms with van der Waals surface area (Å²) in [5.41, 5.74) is 0.394. The van der Waals surface area contributed by atoms with Crippen LogP contribution >= 0.6 is 15.9 Å². The maximum Gasteiger partial charge on any atom is 0.356 e. The van der Waals surface area contributed by atoms with Gasteiger partial charge in [0.2, 0.25) is 0 Å². The third kappa shape index (κ3) is 3.31. The standard InChI is InChI=1S/C15H23BrN2O3/c1-8(2)18-12(11(14(20)21)17-15(18)16)13(19)10-6-4-9(3)5-7-10/h8-10,13,19H,4-7H2,1-3H3,(H,20,21). The molecule has 1 unspecified atom stereocenters. The van der Waals surface area contributed by atoms with E-state index in [1.54, 1.807) is 4.57 Å². The summed E-state index contributed by atoms with van der Waals surface area (Å²) in [4.78, 5) is 15.5. The van der Waals surface area contributed by atoms with E-state index in [1.165, 1.54) is 0 Å². The first kappa shape index (κ1) is 16.5. The number of nitrogens with zero attached hydrogens (tertiary/aromatic N) is 2. The van der Waals surface area contributed by atoms with Crippen LogP contribution in [0.3, 0.4) is 0 Å². The number of rotatable bonds is 4. The zero-order chi connectivity index (χ0) is 15.7. The molecule has 0 radical (unpaired) electrons. The predicted octanol–water partition coefficient (Wildman–Crippen LogP) is 3.78. The van der Waals surface area contributed by atoms with Gasteiger partial charge in [-0.25, -0.2) is 9.78 Å². The number of carboxylic acid groups (broad SMARTS) is 1. The van der Waals surface area contributed by atoms with Crippen LogP contribution < -0.4 is 0 Å². The number of hydrogen-bond donors (Lipinski definition) is 2. The van der Waals surface area contributed by atoms with Crippen molar-refractivity contribution in [2.24, 2.45) is 11.8 Å². The van der Waals surface area contributed by atoms with Crippen molar-refractivity contribution in [1.82, 2.24) is 9.55 Å². The van der Waals surface area contributed by atoms with E-state index in [0.29, 0.717) is 16.3 Å². The van der Waals surface area contributed by atoms with Gasteiger partial charge < -0.3 is 14.8 Å². The number of aliphatic hydroxyl groups excluding tert-OH is 1. The van der Waals surface area contributed by atoms with E-state index >= 15 is 0 Å². The summed E-state index contributed by atoms with van der Waals surface area (Å²) < 4.78 is 2.25. The lowest BCUT2D eigenvalue weighted by Crippen LogP contribution is -2.23. The highest BCUT2D eigenvalue weighted by Crippen LogP contribution is 2.39.